The Hall–Kier alpha value is -2.70. The maximum atomic E-state index is 13.1. The van der Waals surface area contributed by atoms with E-state index < -0.39 is 11.7 Å². The van der Waals surface area contributed by atoms with Crippen LogP contribution in [0.2, 0.25) is 0 Å². The Bertz CT molecular complexity index is 797. The first-order valence-corrected chi connectivity index (χ1v) is 7.49. The average molecular weight is 332 g/mol. The second-order valence-electron chi connectivity index (χ2n) is 5.38. The summed E-state index contributed by atoms with van der Waals surface area (Å²) in [5, 5.41) is 7.82. The maximum Gasteiger partial charge on any atom is 0.417 e. The molecule has 0 radical (unpaired) electrons. The average Bonchev–Trinajstić information content (AvgIpc) is 3.04. The van der Waals surface area contributed by atoms with Crippen molar-refractivity contribution in [1.82, 2.24) is 20.0 Å². The Morgan fingerprint density at radius 3 is 2.62 bits per heavy atom. The predicted octanol–water partition coefficient (Wildman–Crippen LogP) is 3.99. The van der Waals surface area contributed by atoms with Crippen molar-refractivity contribution in [3.63, 3.8) is 0 Å². The number of alkyl halides is 3. The Morgan fingerprint density at radius 2 is 1.88 bits per heavy atom. The van der Waals surface area contributed by atoms with Crippen molar-refractivity contribution in [2.75, 3.05) is 0 Å². The summed E-state index contributed by atoms with van der Waals surface area (Å²) >= 11 is 0. The molecule has 1 aromatic carbocycles. The summed E-state index contributed by atoms with van der Waals surface area (Å²) in [6.45, 7) is 0.579. The highest BCUT2D eigenvalue weighted by Crippen LogP contribution is 2.35. The SMILES string of the molecule is FC(F)(F)c1ccccc1-c1cn(CCCc2cccnc2)nn1. The van der Waals surface area contributed by atoms with Gasteiger partial charge in [0.25, 0.3) is 0 Å². The molecule has 0 atom stereocenters. The minimum atomic E-state index is -4.42. The van der Waals surface area contributed by atoms with Gasteiger partial charge in [-0.15, -0.1) is 5.10 Å². The summed E-state index contributed by atoms with van der Waals surface area (Å²) < 4.78 is 40.8. The fraction of sp³-hybridized carbons (Fsp3) is 0.235. The topological polar surface area (TPSA) is 43.6 Å². The molecule has 3 aromatic rings. The highest BCUT2D eigenvalue weighted by atomic mass is 19.4. The lowest BCUT2D eigenvalue weighted by Gasteiger charge is -2.10. The third-order valence-corrected chi connectivity index (χ3v) is 3.62. The van der Waals surface area contributed by atoms with Crippen LogP contribution in [0.3, 0.4) is 0 Å². The van der Waals surface area contributed by atoms with Crippen LogP contribution in [0.4, 0.5) is 13.2 Å². The lowest BCUT2D eigenvalue weighted by Crippen LogP contribution is -2.06. The van der Waals surface area contributed by atoms with Gasteiger partial charge in [0.2, 0.25) is 0 Å². The van der Waals surface area contributed by atoms with Crippen LogP contribution in [-0.2, 0) is 19.1 Å². The van der Waals surface area contributed by atoms with E-state index in [-0.39, 0.29) is 11.3 Å². The monoisotopic (exact) mass is 332 g/mol. The molecule has 0 aliphatic carbocycles. The molecule has 0 aliphatic rings. The lowest BCUT2D eigenvalue weighted by molar-refractivity contribution is -0.137. The number of rotatable bonds is 5. The highest BCUT2D eigenvalue weighted by Gasteiger charge is 2.33. The quantitative estimate of drug-likeness (QED) is 0.709. The largest absolute Gasteiger partial charge is 0.417 e. The van der Waals surface area contributed by atoms with Crippen LogP contribution >= 0.6 is 0 Å². The Labute approximate surface area is 137 Å². The van der Waals surface area contributed by atoms with Gasteiger partial charge in [-0.2, -0.15) is 13.2 Å². The third kappa shape index (κ3) is 3.79. The number of aromatic nitrogens is 4. The minimum Gasteiger partial charge on any atom is -0.264 e. The summed E-state index contributed by atoms with van der Waals surface area (Å²) in [5.74, 6) is 0. The van der Waals surface area contributed by atoms with Crippen molar-refractivity contribution >= 4 is 0 Å². The second kappa shape index (κ2) is 6.82. The fourth-order valence-electron chi connectivity index (χ4n) is 2.48. The van der Waals surface area contributed by atoms with Gasteiger partial charge in [-0.1, -0.05) is 29.5 Å². The van der Waals surface area contributed by atoms with E-state index >= 15 is 0 Å². The van der Waals surface area contributed by atoms with E-state index in [4.69, 9.17) is 0 Å². The van der Waals surface area contributed by atoms with Crippen molar-refractivity contribution in [2.45, 2.75) is 25.6 Å². The van der Waals surface area contributed by atoms with Crippen LogP contribution in [-0.4, -0.2) is 20.0 Å². The second-order valence-corrected chi connectivity index (χ2v) is 5.38. The predicted molar refractivity (Wildman–Crippen MR) is 83.0 cm³/mol. The summed E-state index contributed by atoms with van der Waals surface area (Å²) in [5.41, 5.74) is 0.681. The van der Waals surface area contributed by atoms with Crippen LogP contribution < -0.4 is 0 Å². The Kier molecular flexibility index (Phi) is 4.59. The number of pyridine rings is 1. The standard InChI is InChI=1S/C17H15F3N4/c18-17(19,20)15-8-2-1-7-14(15)16-12-24(23-22-16)10-4-6-13-5-3-9-21-11-13/h1-3,5,7-9,11-12H,4,6,10H2. The van der Waals surface area contributed by atoms with Gasteiger partial charge in [-0.25, -0.2) is 0 Å². The summed E-state index contributed by atoms with van der Waals surface area (Å²) in [4.78, 5) is 4.05. The van der Waals surface area contributed by atoms with E-state index in [1.807, 2.05) is 12.1 Å². The van der Waals surface area contributed by atoms with E-state index in [0.29, 0.717) is 6.54 Å². The number of aryl methyl sites for hydroxylation is 2. The molecule has 124 valence electrons. The molecule has 24 heavy (non-hydrogen) atoms. The molecule has 0 fully saturated rings. The van der Waals surface area contributed by atoms with Crippen molar-refractivity contribution in [3.05, 3.63) is 66.1 Å². The third-order valence-electron chi connectivity index (χ3n) is 3.62. The molecule has 0 spiro atoms. The lowest BCUT2D eigenvalue weighted by atomic mass is 10.0. The molecule has 7 heteroatoms. The molecule has 3 rings (SSSR count). The van der Waals surface area contributed by atoms with Crippen LogP contribution in [0.5, 0.6) is 0 Å². The van der Waals surface area contributed by atoms with Crippen LogP contribution in [0.25, 0.3) is 11.3 Å². The molecule has 0 amide bonds. The fourth-order valence-corrected chi connectivity index (χ4v) is 2.48. The van der Waals surface area contributed by atoms with Gasteiger partial charge in [0, 0.05) is 24.5 Å². The first-order chi connectivity index (χ1) is 11.5. The maximum absolute atomic E-state index is 13.1. The number of nitrogens with zero attached hydrogens (tertiary/aromatic N) is 4. The smallest absolute Gasteiger partial charge is 0.264 e. The van der Waals surface area contributed by atoms with E-state index in [9.17, 15) is 13.2 Å². The zero-order chi connectivity index (χ0) is 17.0. The molecule has 0 N–H and O–H groups in total. The van der Waals surface area contributed by atoms with Gasteiger partial charge < -0.3 is 0 Å². The molecule has 0 saturated carbocycles. The van der Waals surface area contributed by atoms with E-state index in [2.05, 4.69) is 15.3 Å². The van der Waals surface area contributed by atoms with Crippen molar-refractivity contribution in [2.24, 2.45) is 0 Å². The van der Waals surface area contributed by atoms with Crippen molar-refractivity contribution < 1.29 is 13.2 Å². The van der Waals surface area contributed by atoms with Gasteiger partial charge in [0.15, 0.2) is 0 Å². The van der Waals surface area contributed by atoms with Gasteiger partial charge in [0.1, 0.15) is 5.69 Å². The van der Waals surface area contributed by atoms with E-state index in [0.717, 1.165) is 24.5 Å². The molecule has 2 aromatic heterocycles. The molecule has 0 saturated heterocycles. The first kappa shape index (κ1) is 16.2. The zero-order valence-corrected chi connectivity index (χ0v) is 12.7. The van der Waals surface area contributed by atoms with Gasteiger partial charge in [-0.3, -0.25) is 9.67 Å². The molecule has 4 nitrogen and oxygen atoms in total. The first-order valence-electron chi connectivity index (χ1n) is 7.49. The zero-order valence-electron chi connectivity index (χ0n) is 12.7. The molecule has 0 bridgehead atoms. The highest BCUT2D eigenvalue weighted by molar-refractivity contribution is 5.63. The van der Waals surface area contributed by atoms with Gasteiger partial charge >= 0.3 is 6.18 Å². The Balaban J connectivity index is 1.70. The molecular formula is C17H15F3N4. The van der Waals surface area contributed by atoms with Crippen LogP contribution in [0.1, 0.15) is 17.5 Å². The van der Waals surface area contributed by atoms with E-state index in [1.54, 1.807) is 29.3 Å². The number of hydrogen-bond donors (Lipinski definition) is 0. The normalized spacial score (nSPS) is 11.6. The number of halogens is 3. The number of benzene rings is 1. The molecule has 0 aliphatic heterocycles. The van der Waals surface area contributed by atoms with Crippen molar-refractivity contribution in [3.8, 4) is 11.3 Å². The van der Waals surface area contributed by atoms with E-state index in [1.165, 1.54) is 12.1 Å². The van der Waals surface area contributed by atoms with Crippen LogP contribution in [0, 0.1) is 0 Å². The summed E-state index contributed by atoms with van der Waals surface area (Å²) in [6.07, 6.45) is 2.27. The van der Waals surface area contributed by atoms with Crippen molar-refractivity contribution in [1.29, 1.82) is 0 Å². The minimum absolute atomic E-state index is 0.0449. The summed E-state index contributed by atoms with van der Waals surface area (Å²) in [7, 11) is 0. The van der Waals surface area contributed by atoms with Crippen LogP contribution in [0.15, 0.2) is 55.0 Å². The van der Waals surface area contributed by atoms with Gasteiger partial charge in [0.05, 0.1) is 11.8 Å². The summed E-state index contributed by atoms with van der Waals surface area (Å²) in [6, 6.07) is 9.25. The molecule has 2 heterocycles. The van der Waals surface area contributed by atoms with Gasteiger partial charge in [-0.05, 0) is 30.5 Å². The molecular weight excluding hydrogens is 317 g/mol. The Morgan fingerprint density at radius 1 is 1.04 bits per heavy atom. The number of hydrogen-bond acceptors (Lipinski definition) is 3. The molecule has 0 unspecified atom stereocenters.